The van der Waals surface area contributed by atoms with Crippen LogP contribution in [0.5, 0.6) is 5.75 Å². The molecule has 0 aliphatic carbocycles. The van der Waals surface area contributed by atoms with Gasteiger partial charge in [-0.15, -0.1) is 10.2 Å². The van der Waals surface area contributed by atoms with Gasteiger partial charge in [-0.1, -0.05) is 95.9 Å². The van der Waals surface area contributed by atoms with Crippen LogP contribution in [0.15, 0.2) is 112 Å². The van der Waals surface area contributed by atoms with Gasteiger partial charge in [0.2, 0.25) is 10.9 Å². The topological polar surface area (TPSA) is 106 Å². The molecule has 6 rings (SSSR count). The number of carbonyl (C=O) groups excluding carboxylic acids is 2. The van der Waals surface area contributed by atoms with Gasteiger partial charge in [0.25, 0.3) is 5.91 Å². The van der Waals surface area contributed by atoms with Crippen molar-refractivity contribution in [3.8, 4) is 5.75 Å². The smallest absolute Gasteiger partial charge is 0.296 e. The number of Topliss-reactive ketones (excluding diaryl/α,β-unsaturated/α-hetero) is 1. The van der Waals surface area contributed by atoms with E-state index >= 15 is 0 Å². The number of para-hydroxylation sites is 1. The molecule has 0 bridgehead atoms. The van der Waals surface area contributed by atoms with Crippen LogP contribution in [-0.4, -0.2) is 33.6 Å². The highest BCUT2D eigenvalue weighted by atomic mass is 35.5. The van der Waals surface area contributed by atoms with Crippen molar-refractivity contribution in [2.24, 2.45) is 0 Å². The van der Waals surface area contributed by atoms with Gasteiger partial charge in [0.1, 0.15) is 17.9 Å². The molecule has 0 saturated heterocycles. The fraction of sp³-hybridized carbons (Fsp3) is 0.0968. The predicted molar refractivity (Wildman–Crippen MR) is 163 cm³/mol. The van der Waals surface area contributed by atoms with Crippen molar-refractivity contribution in [3.05, 3.63) is 125 Å². The maximum Gasteiger partial charge on any atom is 0.296 e. The summed E-state index contributed by atoms with van der Waals surface area (Å²) in [5, 5.41) is 21.2. The highest BCUT2D eigenvalue weighted by molar-refractivity contribution is 8.00. The number of halogens is 1. The number of rotatable bonds is 10. The molecule has 1 atom stereocenters. The maximum atomic E-state index is 13.9. The number of aliphatic hydroxyl groups excluding tert-OH is 1. The molecule has 42 heavy (non-hydrogen) atoms. The average molecular weight is 616 g/mol. The largest absolute Gasteiger partial charge is 0.503 e. The maximum absolute atomic E-state index is 13.9. The normalized spacial score (nSPS) is 15.0. The molecule has 1 aliphatic heterocycles. The Morgan fingerprint density at radius 3 is 2.64 bits per heavy atom. The molecule has 0 saturated carbocycles. The lowest BCUT2D eigenvalue weighted by atomic mass is 9.95. The first-order chi connectivity index (χ1) is 20.4. The Labute approximate surface area is 253 Å². The van der Waals surface area contributed by atoms with Gasteiger partial charge in [-0.25, -0.2) is 0 Å². The van der Waals surface area contributed by atoms with Gasteiger partial charge in [-0.2, -0.15) is 0 Å². The van der Waals surface area contributed by atoms with Crippen molar-refractivity contribution in [2.45, 2.75) is 16.1 Å². The Bertz CT molecular complexity index is 1810. The molecular weight excluding hydrogens is 594 g/mol. The first kappa shape index (κ1) is 27.8. The lowest BCUT2D eigenvalue weighted by Crippen LogP contribution is -2.31. The number of anilines is 1. The van der Waals surface area contributed by atoms with Gasteiger partial charge >= 0.3 is 0 Å². The van der Waals surface area contributed by atoms with Crippen molar-refractivity contribution in [1.29, 1.82) is 0 Å². The Balaban J connectivity index is 1.36. The van der Waals surface area contributed by atoms with E-state index in [2.05, 4.69) is 16.8 Å². The van der Waals surface area contributed by atoms with Crippen LogP contribution >= 0.6 is 34.7 Å². The number of thioether (sulfide) groups is 1. The summed E-state index contributed by atoms with van der Waals surface area (Å²) in [6.45, 7) is 3.98. The molecule has 0 radical (unpaired) electrons. The van der Waals surface area contributed by atoms with Gasteiger partial charge in [-0.3, -0.25) is 14.5 Å². The fourth-order valence-electron chi connectivity index (χ4n) is 4.59. The first-order valence-corrected chi connectivity index (χ1v) is 15.0. The van der Waals surface area contributed by atoms with Crippen LogP contribution in [0.4, 0.5) is 5.13 Å². The number of ketones is 1. The summed E-state index contributed by atoms with van der Waals surface area (Å²) in [4.78, 5) is 28.7. The minimum Gasteiger partial charge on any atom is -0.503 e. The van der Waals surface area contributed by atoms with Crippen molar-refractivity contribution < 1.29 is 23.8 Å². The molecule has 3 heterocycles. The van der Waals surface area contributed by atoms with Gasteiger partial charge in [0, 0.05) is 16.2 Å². The fourth-order valence-corrected chi connectivity index (χ4v) is 6.74. The monoisotopic (exact) mass is 615 g/mol. The third-order valence-corrected chi connectivity index (χ3v) is 9.05. The van der Waals surface area contributed by atoms with Gasteiger partial charge in [0.05, 0.1) is 11.6 Å². The van der Waals surface area contributed by atoms with E-state index in [4.69, 9.17) is 20.8 Å². The molecule has 1 amide bonds. The molecule has 0 spiro atoms. The van der Waals surface area contributed by atoms with E-state index in [0.29, 0.717) is 38.6 Å². The zero-order valence-corrected chi connectivity index (χ0v) is 24.3. The Morgan fingerprint density at radius 1 is 1.12 bits per heavy atom. The Hall–Kier alpha value is -4.38. The molecule has 2 aromatic heterocycles. The first-order valence-electron chi connectivity index (χ1n) is 12.8. The number of hydrogen-bond acceptors (Lipinski definition) is 9. The highest BCUT2D eigenvalue weighted by Crippen LogP contribution is 2.44. The van der Waals surface area contributed by atoms with Crippen LogP contribution in [-0.2, 0) is 10.5 Å². The van der Waals surface area contributed by atoms with Crippen LogP contribution in [0.1, 0.15) is 27.7 Å². The van der Waals surface area contributed by atoms with E-state index in [1.165, 1.54) is 28.0 Å². The molecule has 11 heteroatoms. The van der Waals surface area contributed by atoms with Crippen molar-refractivity contribution in [1.82, 2.24) is 10.2 Å². The van der Waals surface area contributed by atoms with Crippen LogP contribution in [0, 0.1) is 0 Å². The number of nitrogens with zero attached hydrogens (tertiary/aromatic N) is 3. The molecule has 8 nitrogen and oxygen atoms in total. The molecule has 1 N–H and O–H groups in total. The van der Waals surface area contributed by atoms with Crippen molar-refractivity contribution >= 4 is 62.5 Å². The van der Waals surface area contributed by atoms with Crippen LogP contribution in [0.3, 0.4) is 0 Å². The van der Waals surface area contributed by atoms with Gasteiger partial charge in [0.15, 0.2) is 15.9 Å². The number of carbonyl (C=O) groups is 2. The number of aliphatic hydroxyl groups is 1. The summed E-state index contributed by atoms with van der Waals surface area (Å²) in [7, 11) is 0. The van der Waals surface area contributed by atoms with E-state index in [1.54, 1.807) is 48.5 Å². The van der Waals surface area contributed by atoms with E-state index in [1.807, 2.05) is 36.4 Å². The van der Waals surface area contributed by atoms with Crippen LogP contribution in [0.25, 0.3) is 11.0 Å². The molecule has 0 unspecified atom stereocenters. The third-order valence-electron chi connectivity index (χ3n) is 6.58. The summed E-state index contributed by atoms with van der Waals surface area (Å²) >= 11 is 8.90. The van der Waals surface area contributed by atoms with Crippen LogP contribution < -0.4 is 9.64 Å². The number of benzene rings is 3. The number of ether oxygens (including phenoxy) is 1. The second-order valence-corrected chi connectivity index (χ2v) is 11.8. The predicted octanol–water partition coefficient (Wildman–Crippen LogP) is 7.58. The summed E-state index contributed by atoms with van der Waals surface area (Å²) in [6, 6.07) is 22.3. The zero-order chi connectivity index (χ0) is 29.2. The standard InChI is InChI=1S/C31H22ClN3O5S2/c1-2-15-39-21-13-11-18(12-14-21)26-25(27(36)24-16-19-7-4-6-10-23(19)40-24)28(37)29(38)35(26)30-33-34-31(42-30)41-17-20-8-3-5-9-22(20)32/h2-14,16,26,37H,1,15,17H2/t26-/m1/s1. The molecule has 1 aliphatic rings. The number of hydrogen-bond donors (Lipinski definition) is 1. The minimum atomic E-state index is -0.985. The van der Waals surface area contributed by atoms with Crippen molar-refractivity contribution in [3.63, 3.8) is 0 Å². The lowest BCUT2D eigenvalue weighted by molar-refractivity contribution is -0.117. The van der Waals surface area contributed by atoms with E-state index in [0.717, 1.165) is 10.9 Å². The summed E-state index contributed by atoms with van der Waals surface area (Å²) in [5.74, 6) is -0.881. The van der Waals surface area contributed by atoms with Gasteiger partial charge < -0.3 is 14.3 Å². The van der Waals surface area contributed by atoms with Crippen LogP contribution in [0.2, 0.25) is 5.02 Å². The second kappa shape index (κ2) is 11.8. The SMILES string of the molecule is C=CCOc1ccc([C@@H]2C(C(=O)c3cc4ccccc4o3)=C(O)C(=O)N2c2nnc(SCc3ccccc3Cl)s2)cc1. The number of furan rings is 1. The second-order valence-electron chi connectivity index (χ2n) is 9.22. The van der Waals surface area contributed by atoms with E-state index in [-0.39, 0.29) is 16.5 Å². The summed E-state index contributed by atoms with van der Waals surface area (Å²) in [5.41, 5.74) is 1.91. The molecule has 3 aromatic carbocycles. The Kier molecular flexibility index (Phi) is 7.84. The molecule has 5 aromatic rings. The number of aromatic nitrogens is 2. The van der Waals surface area contributed by atoms with E-state index < -0.39 is 23.5 Å². The third kappa shape index (κ3) is 5.32. The number of fused-ring (bicyclic) bond motifs is 1. The zero-order valence-electron chi connectivity index (χ0n) is 21.9. The highest BCUT2D eigenvalue weighted by Gasteiger charge is 2.46. The molecule has 0 fully saturated rings. The van der Waals surface area contributed by atoms with Crippen molar-refractivity contribution in [2.75, 3.05) is 11.5 Å². The molecular formula is C31H22ClN3O5S2. The average Bonchev–Trinajstić information content (AvgIpc) is 3.72. The lowest BCUT2D eigenvalue weighted by Gasteiger charge is -2.24. The Morgan fingerprint density at radius 2 is 1.88 bits per heavy atom. The summed E-state index contributed by atoms with van der Waals surface area (Å²) in [6.07, 6.45) is 1.63. The van der Waals surface area contributed by atoms with E-state index in [9.17, 15) is 14.7 Å². The number of amides is 1. The minimum absolute atomic E-state index is 0.0107. The summed E-state index contributed by atoms with van der Waals surface area (Å²) < 4.78 is 12.0. The van der Waals surface area contributed by atoms with Gasteiger partial charge in [-0.05, 0) is 41.5 Å². The quantitative estimate of drug-likeness (QED) is 0.0742. The molecule has 210 valence electrons.